The fraction of sp³-hybridized carbons (Fsp3) is 0.600. The summed E-state index contributed by atoms with van der Waals surface area (Å²) in [7, 11) is 3.22. The van der Waals surface area contributed by atoms with Gasteiger partial charge >= 0.3 is 0 Å². The Labute approximate surface area is 95.2 Å². The fourth-order valence-electron chi connectivity index (χ4n) is 1.33. The van der Waals surface area contributed by atoms with E-state index in [9.17, 15) is 0 Å². The topological polar surface area (TPSA) is 82.3 Å². The molecule has 1 atom stereocenters. The first-order chi connectivity index (χ1) is 7.69. The Kier molecular flexibility index (Phi) is 4.78. The van der Waals surface area contributed by atoms with Gasteiger partial charge in [0.25, 0.3) is 0 Å². The normalized spacial score (nSPS) is 12.2. The zero-order valence-corrected chi connectivity index (χ0v) is 9.86. The Bertz CT molecular complexity index is 333. The van der Waals surface area contributed by atoms with Crippen LogP contribution >= 0.6 is 0 Å². The number of rotatable bonds is 6. The third-order valence-electron chi connectivity index (χ3n) is 2.10. The molecule has 16 heavy (non-hydrogen) atoms. The summed E-state index contributed by atoms with van der Waals surface area (Å²) in [6.45, 7) is 3.50. The van der Waals surface area contributed by atoms with Crippen molar-refractivity contribution in [2.24, 2.45) is 5.92 Å². The van der Waals surface area contributed by atoms with Gasteiger partial charge in [0.05, 0.1) is 13.7 Å². The number of aromatic nitrogens is 2. The van der Waals surface area contributed by atoms with Gasteiger partial charge in [-0.3, -0.25) is 0 Å². The molecule has 1 unspecified atom stereocenters. The molecule has 0 saturated carbocycles. The monoisotopic (exact) mass is 226 g/mol. The van der Waals surface area contributed by atoms with Gasteiger partial charge in [-0.2, -0.15) is 0 Å². The van der Waals surface area contributed by atoms with Gasteiger partial charge < -0.3 is 20.5 Å². The van der Waals surface area contributed by atoms with Crippen LogP contribution in [0.2, 0.25) is 0 Å². The van der Waals surface area contributed by atoms with Crippen LogP contribution in [-0.2, 0) is 4.74 Å². The van der Waals surface area contributed by atoms with Crippen LogP contribution in [0.25, 0.3) is 0 Å². The number of nitrogens with two attached hydrogens (primary N) is 1. The lowest BCUT2D eigenvalue weighted by molar-refractivity contribution is 0.164. The lowest BCUT2D eigenvalue weighted by Gasteiger charge is -2.14. The molecule has 0 aliphatic carbocycles. The van der Waals surface area contributed by atoms with Crippen molar-refractivity contribution in [2.75, 3.05) is 38.4 Å². The standard InChI is InChI=1S/C10H18N4O2/c1-7(5-15-2)4-12-10-8(16-3)9(11)13-6-14-10/h6-7H,4-5H2,1-3H3,(H3,11,12,13,14). The van der Waals surface area contributed by atoms with Gasteiger partial charge in [-0.25, -0.2) is 9.97 Å². The number of hydrogen-bond donors (Lipinski definition) is 2. The van der Waals surface area contributed by atoms with Gasteiger partial charge in [0.1, 0.15) is 6.33 Å². The highest BCUT2D eigenvalue weighted by atomic mass is 16.5. The lowest BCUT2D eigenvalue weighted by Crippen LogP contribution is -2.17. The van der Waals surface area contributed by atoms with Gasteiger partial charge in [-0.05, 0) is 5.92 Å². The van der Waals surface area contributed by atoms with E-state index in [1.165, 1.54) is 6.33 Å². The van der Waals surface area contributed by atoms with Crippen LogP contribution < -0.4 is 15.8 Å². The van der Waals surface area contributed by atoms with Crippen LogP contribution in [0.3, 0.4) is 0 Å². The molecule has 0 bridgehead atoms. The van der Waals surface area contributed by atoms with Crippen LogP contribution in [0.4, 0.5) is 11.6 Å². The van der Waals surface area contributed by atoms with Crippen molar-refractivity contribution in [2.45, 2.75) is 6.92 Å². The highest BCUT2D eigenvalue weighted by molar-refractivity contribution is 5.61. The molecular weight excluding hydrogens is 208 g/mol. The number of nitrogens with zero attached hydrogens (tertiary/aromatic N) is 2. The van der Waals surface area contributed by atoms with Crippen molar-refractivity contribution in [1.29, 1.82) is 0 Å². The van der Waals surface area contributed by atoms with Crippen molar-refractivity contribution in [3.63, 3.8) is 0 Å². The molecule has 1 aromatic rings. The van der Waals surface area contributed by atoms with Crippen molar-refractivity contribution in [3.05, 3.63) is 6.33 Å². The molecule has 0 amide bonds. The fourth-order valence-corrected chi connectivity index (χ4v) is 1.33. The summed E-state index contributed by atoms with van der Waals surface area (Å²) in [5, 5.41) is 3.15. The first-order valence-corrected chi connectivity index (χ1v) is 5.06. The second-order valence-corrected chi connectivity index (χ2v) is 3.58. The maximum absolute atomic E-state index is 5.66. The number of anilines is 2. The average molecular weight is 226 g/mol. The second kappa shape index (κ2) is 6.12. The van der Waals surface area contributed by atoms with E-state index in [4.69, 9.17) is 15.2 Å². The summed E-state index contributed by atoms with van der Waals surface area (Å²) in [6, 6.07) is 0. The molecule has 6 nitrogen and oxygen atoms in total. The molecule has 6 heteroatoms. The zero-order valence-electron chi connectivity index (χ0n) is 9.86. The van der Waals surface area contributed by atoms with Crippen molar-refractivity contribution >= 4 is 11.6 Å². The molecule has 0 saturated heterocycles. The van der Waals surface area contributed by atoms with E-state index in [1.54, 1.807) is 14.2 Å². The number of nitrogen functional groups attached to an aromatic ring is 1. The largest absolute Gasteiger partial charge is 0.490 e. The number of methoxy groups -OCH3 is 2. The van der Waals surface area contributed by atoms with Crippen molar-refractivity contribution in [3.8, 4) is 5.75 Å². The molecule has 0 spiro atoms. The van der Waals surface area contributed by atoms with Gasteiger partial charge in [-0.1, -0.05) is 6.92 Å². The Morgan fingerprint density at radius 1 is 1.44 bits per heavy atom. The van der Waals surface area contributed by atoms with Crippen LogP contribution in [-0.4, -0.2) is 37.3 Å². The lowest BCUT2D eigenvalue weighted by atomic mass is 10.2. The summed E-state index contributed by atoms with van der Waals surface area (Å²) >= 11 is 0. The highest BCUT2D eigenvalue weighted by Crippen LogP contribution is 2.26. The summed E-state index contributed by atoms with van der Waals surface area (Å²) < 4.78 is 10.2. The third kappa shape index (κ3) is 3.23. The van der Waals surface area contributed by atoms with Crippen molar-refractivity contribution in [1.82, 2.24) is 9.97 Å². The molecule has 1 heterocycles. The first kappa shape index (κ1) is 12.5. The van der Waals surface area contributed by atoms with E-state index < -0.39 is 0 Å². The van der Waals surface area contributed by atoms with Gasteiger partial charge in [0, 0.05) is 13.7 Å². The second-order valence-electron chi connectivity index (χ2n) is 3.58. The minimum absolute atomic E-state index is 0.333. The van der Waals surface area contributed by atoms with Gasteiger partial charge in [0.15, 0.2) is 11.6 Å². The Morgan fingerprint density at radius 3 is 2.81 bits per heavy atom. The van der Waals surface area contributed by atoms with Gasteiger partial charge in [-0.15, -0.1) is 0 Å². The maximum atomic E-state index is 5.66. The van der Waals surface area contributed by atoms with Crippen LogP contribution in [0.15, 0.2) is 6.33 Å². The van der Waals surface area contributed by atoms with E-state index in [-0.39, 0.29) is 0 Å². The van der Waals surface area contributed by atoms with E-state index in [1.807, 2.05) is 0 Å². The van der Waals surface area contributed by atoms with E-state index in [0.29, 0.717) is 29.9 Å². The predicted octanol–water partition coefficient (Wildman–Crippen LogP) is 0.762. The van der Waals surface area contributed by atoms with Crippen LogP contribution in [0.1, 0.15) is 6.92 Å². The Hall–Kier alpha value is -1.56. The molecule has 1 aromatic heterocycles. The molecule has 0 aliphatic rings. The van der Waals surface area contributed by atoms with Crippen LogP contribution in [0.5, 0.6) is 5.75 Å². The highest BCUT2D eigenvalue weighted by Gasteiger charge is 2.10. The molecule has 0 radical (unpaired) electrons. The Morgan fingerprint density at radius 2 is 2.19 bits per heavy atom. The smallest absolute Gasteiger partial charge is 0.203 e. The summed E-state index contributed by atoms with van der Waals surface area (Å²) in [6.07, 6.45) is 1.40. The third-order valence-corrected chi connectivity index (χ3v) is 2.10. The Balaban J connectivity index is 2.63. The van der Waals surface area contributed by atoms with Crippen molar-refractivity contribution < 1.29 is 9.47 Å². The molecule has 3 N–H and O–H groups in total. The number of nitrogens with one attached hydrogen (secondary N) is 1. The molecule has 1 rings (SSSR count). The predicted molar refractivity (Wildman–Crippen MR) is 62.5 cm³/mol. The number of ether oxygens (including phenoxy) is 2. The van der Waals surface area contributed by atoms with Gasteiger partial charge in [0.2, 0.25) is 5.75 Å². The SMILES string of the molecule is COCC(C)CNc1ncnc(N)c1OC. The average Bonchev–Trinajstić information content (AvgIpc) is 2.27. The summed E-state index contributed by atoms with van der Waals surface area (Å²) in [4.78, 5) is 7.93. The summed E-state index contributed by atoms with van der Waals surface area (Å²) in [5.41, 5.74) is 5.66. The molecule has 0 aromatic carbocycles. The molecular formula is C10H18N4O2. The number of hydrogen-bond acceptors (Lipinski definition) is 6. The van der Waals surface area contributed by atoms with E-state index in [2.05, 4.69) is 22.2 Å². The van der Waals surface area contributed by atoms with Crippen LogP contribution in [0, 0.1) is 5.92 Å². The quantitative estimate of drug-likeness (QED) is 0.745. The van der Waals surface area contributed by atoms with E-state index in [0.717, 1.165) is 6.54 Å². The molecule has 0 fully saturated rings. The minimum atomic E-state index is 0.333. The van der Waals surface area contributed by atoms with E-state index >= 15 is 0 Å². The minimum Gasteiger partial charge on any atom is -0.490 e. The zero-order chi connectivity index (χ0) is 12.0. The summed E-state index contributed by atoms with van der Waals surface area (Å²) in [5.74, 6) is 1.80. The maximum Gasteiger partial charge on any atom is 0.203 e. The molecule has 0 aliphatic heterocycles. The molecule has 90 valence electrons. The first-order valence-electron chi connectivity index (χ1n) is 5.06.